The van der Waals surface area contributed by atoms with Crippen molar-refractivity contribution in [2.75, 3.05) is 5.08 Å². The Balaban J connectivity index is 1.44. The van der Waals surface area contributed by atoms with Crippen LogP contribution in [0.5, 0.6) is 0 Å². The Hall–Kier alpha value is -1.92. The average Bonchev–Trinajstić information content (AvgIpc) is 3.09. The van der Waals surface area contributed by atoms with Crippen LogP contribution >= 0.6 is 23.5 Å². The van der Waals surface area contributed by atoms with Crippen LogP contribution in [0.15, 0.2) is 58.8 Å². The van der Waals surface area contributed by atoms with Crippen LogP contribution in [0, 0.1) is 0 Å². The zero-order chi connectivity index (χ0) is 14.1. The first kappa shape index (κ1) is 12.8. The Kier molecular flexibility index (Phi) is 3.33. The number of imidazole rings is 2. The van der Waals surface area contributed by atoms with E-state index in [9.17, 15) is 0 Å². The third kappa shape index (κ3) is 2.64. The molecule has 4 rings (SSSR count). The maximum atomic E-state index is 4.56. The van der Waals surface area contributed by atoms with Crippen molar-refractivity contribution in [3.63, 3.8) is 0 Å². The minimum absolute atomic E-state index is 0.892. The summed E-state index contributed by atoms with van der Waals surface area (Å²) in [6.07, 6.45) is 0. The van der Waals surface area contributed by atoms with Crippen LogP contribution < -0.4 is 4.98 Å². The molecule has 4 aromatic rings. The number of rotatable bonds is 4. The molecule has 21 heavy (non-hydrogen) atoms. The van der Waals surface area contributed by atoms with Crippen LogP contribution in [0.4, 0.5) is 0 Å². The van der Waals surface area contributed by atoms with Crippen molar-refractivity contribution in [3.8, 4) is 0 Å². The Bertz CT molecular complexity index is 757. The molecule has 0 atom stereocenters. The van der Waals surface area contributed by atoms with E-state index < -0.39 is 0 Å². The topological polar surface area (TPSA) is 58.6 Å². The zero-order valence-electron chi connectivity index (χ0n) is 11.1. The number of para-hydroxylation sites is 4. The molecule has 104 valence electrons. The van der Waals surface area contributed by atoms with Gasteiger partial charge in [0, 0.05) is 0 Å². The molecule has 0 saturated carbocycles. The summed E-state index contributed by atoms with van der Waals surface area (Å²) in [5.74, 6) is 0. The van der Waals surface area contributed by atoms with Gasteiger partial charge in [0.1, 0.15) is 0 Å². The summed E-state index contributed by atoms with van der Waals surface area (Å²) in [6.45, 7) is 0. The lowest BCUT2D eigenvalue weighted by atomic mass is 10.3. The fourth-order valence-corrected chi connectivity index (χ4v) is 4.05. The zero-order valence-corrected chi connectivity index (χ0v) is 12.7. The molecule has 6 heteroatoms. The van der Waals surface area contributed by atoms with Gasteiger partial charge in [0.05, 0.1) is 16.1 Å². The second-order valence-electron chi connectivity index (χ2n) is 4.59. The quantitative estimate of drug-likeness (QED) is 0.446. The largest absolute Gasteiger partial charge is 0.333 e. The van der Waals surface area contributed by atoms with E-state index in [0.29, 0.717) is 0 Å². The third-order valence-electron chi connectivity index (χ3n) is 3.19. The minimum atomic E-state index is 0.892. The summed E-state index contributed by atoms with van der Waals surface area (Å²) in [4.78, 5) is 14.6. The van der Waals surface area contributed by atoms with E-state index in [1.54, 1.807) is 23.5 Å². The van der Waals surface area contributed by atoms with E-state index in [1.807, 2.05) is 36.4 Å². The van der Waals surface area contributed by atoms with Gasteiger partial charge in [-0.25, -0.2) is 15.0 Å². The fraction of sp³-hybridized carbons (Fsp3) is 0.0667. The number of hydrogen-bond acceptors (Lipinski definition) is 3. The van der Waals surface area contributed by atoms with Crippen LogP contribution in [0.2, 0.25) is 0 Å². The Labute approximate surface area is 129 Å². The summed E-state index contributed by atoms with van der Waals surface area (Å²) in [5, 5.41) is 2.92. The van der Waals surface area contributed by atoms with Crippen LogP contribution in [-0.4, -0.2) is 20.0 Å². The average molecular weight is 313 g/mol. The molecule has 2 aromatic heterocycles. The van der Waals surface area contributed by atoms with E-state index in [2.05, 4.69) is 32.1 Å². The molecule has 2 heterocycles. The first-order valence-electron chi connectivity index (χ1n) is 6.59. The SMILES string of the molecule is c1ccc2[nH]c(SCSc3[nH]c4ccccc4[nH+]3)nc2c1. The van der Waals surface area contributed by atoms with Gasteiger partial charge in [0.2, 0.25) is 0 Å². The minimum Gasteiger partial charge on any atom is -0.333 e. The molecule has 0 aliphatic heterocycles. The highest BCUT2D eigenvalue weighted by Gasteiger charge is 2.10. The van der Waals surface area contributed by atoms with Gasteiger partial charge < -0.3 is 4.98 Å². The number of aromatic nitrogens is 4. The number of nitrogens with zero attached hydrogens (tertiary/aromatic N) is 1. The third-order valence-corrected chi connectivity index (χ3v) is 5.09. The highest BCUT2D eigenvalue weighted by molar-refractivity contribution is 8.15. The van der Waals surface area contributed by atoms with Crippen molar-refractivity contribution in [3.05, 3.63) is 48.5 Å². The Morgan fingerprint density at radius 1 is 0.905 bits per heavy atom. The van der Waals surface area contributed by atoms with E-state index in [-0.39, 0.29) is 0 Å². The van der Waals surface area contributed by atoms with Gasteiger partial charge in [-0.3, -0.25) is 0 Å². The van der Waals surface area contributed by atoms with Crippen LogP contribution in [0.25, 0.3) is 22.1 Å². The molecule has 0 aliphatic carbocycles. The maximum absolute atomic E-state index is 4.56. The molecule has 0 bridgehead atoms. The summed E-state index contributed by atoms with van der Waals surface area (Å²) < 4.78 is 0. The van der Waals surface area contributed by atoms with E-state index in [1.165, 1.54) is 0 Å². The van der Waals surface area contributed by atoms with Crippen molar-refractivity contribution >= 4 is 45.6 Å². The number of benzene rings is 2. The molecular weight excluding hydrogens is 300 g/mol. The van der Waals surface area contributed by atoms with Crippen molar-refractivity contribution in [2.45, 2.75) is 10.3 Å². The van der Waals surface area contributed by atoms with E-state index >= 15 is 0 Å². The number of nitrogens with one attached hydrogen (secondary N) is 3. The van der Waals surface area contributed by atoms with Gasteiger partial charge >= 0.3 is 5.16 Å². The van der Waals surface area contributed by atoms with Gasteiger partial charge in [-0.15, -0.1) is 0 Å². The van der Waals surface area contributed by atoms with E-state index in [4.69, 9.17) is 0 Å². The molecule has 2 aromatic carbocycles. The molecule has 0 unspecified atom stereocenters. The van der Waals surface area contributed by atoms with Crippen molar-refractivity contribution < 1.29 is 4.98 Å². The fourth-order valence-electron chi connectivity index (χ4n) is 2.19. The van der Waals surface area contributed by atoms with Gasteiger partial charge in [0.15, 0.2) is 16.2 Å². The van der Waals surface area contributed by atoms with Crippen molar-refractivity contribution in [1.29, 1.82) is 0 Å². The highest BCUT2D eigenvalue weighted by Crippen LogP contribution is 2.25. The monoisotopic (exact) mass is 313 g/mol. The van der Waals surface area contributed by atoms with Crippen LogP contribution in [-0.2, 0) is 0 Å². The predicted molar refractivity (Wildman–Crippen MR) is 87.5 cm³/mol. The molecular formula is C15H13N4S2+. The number of thioether (sulfide) groups is 2. The molecule has 4 nitrogen and oxygen atoms in total. The first-order valence-corrected chi connectivity index (χ1v) is 8.56. The molecule has 0 saturated heterocycles. The Morgan fingerprint density at radius 3 is 2.57 bits per heavy atom. The molecule has 0 spiro atoms. The normalized spacial score (nSPS) is 11.4. The number of H-pyrrole nitrogens is 3. The Morgan fingerprint density at radius 2 is 1.71 bits per heavy atom. The lowest BCUT2D eigenvalue weighted by Gasteiger charge is -1.91. The lowest BCUT2D eigenvalue weighted by Crippen LogP contribution is -2.00. The van der Waals surface area contributed by atoms with Crippen LogP contribution in [0.3, 0.4) is 0 Å². The lowest BCUT2D eigenvalue weighted by molar-refractivity contribution is -0.396. The number of aromatic amines is 3. The molecule has 0 amide bonds. The maximum Gasteiger partial charge on any atom is 0.315 e. The standard InChI is InChI=1S/C15H12N4S2/c1-2-6-11-10(5-1)16-14(17-11)20-9-21-15-18-12-7-3-4-8-13(12)19-15/h1-8H,9H2,(H,16,17)(H,18,19)/p+1. The summed E-state index contributed by atoms with van der Waals surface area (Å²) >= 11 is 3.45. The van der Waals surface area contributed by atoms with Crippen molar-refractivity contribution in [1.82, 2.24) is 15.0 Å². The summed E-state index contributed by atoms with van der Waals surface area (Å²) in [6, 6.07) is 16.3. The number of fused-ring (bicyclic) bond motifs is 2. The summed E-state index contributed by atoms with van der Waals surface area (Å²) in [5.41, 5.74) is 4.37. The molecule has 0 radical (unpaired) electrons. The predicted octanol–water partition coefficient (Wildman–Crippen LogP) is 3.70. The van der Waals surface area contributed by atoms with E-state index in [0.717, 1.165) is 37.5 Å². The van der Waals surface area contributed by atoms with Gasteiger partial charge in [-0.1, -0.05) is 36.0 Å². The number of hydrogen-bond donors (Lipinski definition) is 2. The summed E-state index contributed by atoms with van der Waals surface area (Å²) in [7, 11) is 0. The molecule has 0 aliphatic rings. The highest BCUT2D eigenvalue weighted by atomic mass is 32.2. The van der Waals surface area contributed by atoms with Gasteiger partial charge in [-0.2, -0.15) is 0 Å². The second-order valence-corrected chi connectivity index (χ2v) is 6.91. The molecule has 0 fully saturated rings. The molecule has 3 N–H and O–H groups in total. The van der Waals surface area contributed by atoms with Crippen molar-refractivity contribution in [2.24, 2.45) is 0 Å². The van der Waals surface area contributed by atoms with Crippen LogP contribution in [0.1, 0.15) is 0 Å². The first-order chi connectivity index (χ1) is 10.4. The smallest absolute Gasteiger partial charge is 0.315 e. The second kappa shape index (κ2) is 5.46. The van der Waals surface area contributed by atoms with Gasteiger partial charge in [-0.05, 0) is 36.0 Å². The van der Waals surface area contributed by atoms with Gasteiger partial charge in [0.25, 0.3) is 0 Å².